The van der Waals surface area contributed by atoms with Crippen molar-refractivity contribution >= 4 is 29.9 Å². The number of nitrogens with one attached hydrogen (secondary N) is 2. The number of aryl methyl sites for hydroxylation is 3. The fraction of sp³-hybridized carbons (Fsp3) is 0.318. The van der Waals surface area contributed by atoms with Gasteiger partial charge < -0.3 is 10.6 Å². The van der Waals surface area contributed by atoms with Crippen molar-refractivity contribution in [1.29, 1.82) is 0 Å². The highest BCUT2D eigenvalue weighted by atomic mass is 127. The molecule has 160 valence electrons. The van der Waals surface area contributed by atoms with Gasteiger partial charge in [-0.3, -0.25) is 0 Å². The van der Waals surface area contributed by atoms with E-state index in [1.165, 1.54) is 6.07 Å². The summed E-state index contributed by atoms with van der Waals surface area (Å²) < 4.78 is 15.3. The number of nitrogens with zero attached hydrogens (tertiary/aromatic N) is 4. The normalized spacial score (nSPS) is 11.2. The van der Waals surface area contributed by atoms with Crippen LogP contribution in [-0.4, -0.2) is 27.3 Å². The van der Waals surface area contributed by atoms with Crippen LogP contribution in [0.25, 0.3) is 5.82 Å². The maximum atomic E-state index is 13.4. The second-order valence-electron chi connectivity index (χ2n) is 7.00. The number of benzene rings is 1. The molecule has 3 aromatic rings. The van der Waals surface area contributed by atoms with Crippen molar-refractivity contribution in [3.8, 4) is 5.82 Å². The van der Waals surface area contributed by atoms with E-state index >= 15 is 0 Å². The number of guanidine groups is 1. The first kappa shape index (κ1) is 23.8. The highest BCUT2D eigenvalue weighted by Crippen LogP contribution is 2.11. The van der Waals surface area contributed by atoms with E-state index in [4.69, 9.17) is 0 Å². The van der Waals surface area contributed by atoms with Gasteiger partial charge in [0.05, 0.1) is 12.2 Å². The average molecular weight is 522 g/mol. The Labute approximate surface area is 194 Å². The van der Waals surface area contributed by atoms with Gasteiger partial charge in [0, 0.05) is 25.0 Å². The molecule has 0 aliphatic rings. The molecule has 1 aromatic carbocycles. The van der Waals surface area contributed by atoms with Crippen molar-refractivity contribution in [2.24, 2.45) is 4.99 Å². The minimum atomic E-state index is -0.189. The molecule has 0 saturated carbocycles. The predicted octanol–water partition coefficient (Wildman–Crippen LogP) is 4.20. The van der Waals surface area contributed by atoms with Crippen molar-refractivity contribution in [2.75, 3.05) is 6.54 Å². The van der Waals surface area contributed by atoms with Crippen LogP contribution in [0.1, 0.15) is 35.0 Å². The fourth-order valence-corrected chi connectivity index (χ4v) is 3.01. The van der Waals surface area contributed by atoms with Crippen LogP contribution in [0.15, 0.2) is 47.6 Å². The number of rotatable bonds is 6. The van der Waals surface area contributed by atoms with Gasteiger partial charge in [-0.2, -0.15) is 5.10 Å². The molecule has 0 radical (unpaired) electrons. The highest BCUT2D eigenvalue weighted by Gasteiger charge is 2.05. The second-order valence-corrected chi connectivity index (χ2v) is 7.00. The molecule has 0 bridgehead atoms. The average Bonchev–Trinajstić information content (AvgIpc) is 3.05. The minimum absolute atomic E-state index is 0. The van der Waals surface area contributed by atoms with Gasteiger partial charge in [0.1, 0.15) is 5.82 Å². The Morgan fingerprint density at radius 2 is 1.83 bits per heavy atom. The van der Waals surface area contributed by atoms with E-state index in [1.54, 1.807) is 13.0 Å². The molecule has 0 aliphatic carbocycles. The molecule has 0 aliphatic heterocycles. The number of pyridine rings is 1. The highest BCUT2D eigenvalue weighted by molar-refractivity contribution is 14.0. The Bertz CT molecular complexity index is 997. The summed E-state index contributed by atoms with van der Waals surface area (Å²) >= 11 is 0. The van der Waals surface area contributed by atoms with Gasteiger partial charge in [-0.1, -0.05) is 18.2 Å². The summed E-state index contributed by atoms with van der Waals surface area (Å²) in [5, 5.41) is 11.0. The molecule has 30 heavy (non-hydrogen) atoms. The summed E-state index contributed by atoms with van der Waals surface area (Å²) in [5.74, 6) is 1.31. The lowest BCUT2D eigenvalue weighted by atomic mass is 10.1. The van der Waals surface area contributed by atoms with Crippen LogP contribution in [0.4, 0.5) is 4.39 Å². The first-order valence-electron chi connectivity index (χ1n) is 9.72. The van der Waals surface area contributed by atoms with Gasteiger partial charge in [0.2, 0.25) is 0 Å². The lowest BCUT2D eigenvalue weighted by Crippen LogP contribution is -2.36. The van der Waals surface area contributed by atoms with Gasteiger partial charge in [0.25, 0.3) is 0 Å². The fourth-order valence-electron chi connectivity index (χ4n) is 3.01. The van der Waals surface area contributed by atoms with Gasteiger partial charge in [-0.15, -0.1) is 24.0 Å². The molecule has 0 unspecified atom stereocenters. The standard InChI is InChI=1S/C22H27FN6.HI/c1-5-24-22(26-12-18-6-8-20(23)15(2)10-18)27-14-19-7-9-21(25-13-19)29-17(4)11-16(3)28-29;/h6-11,13H,5,12,14H2,1-4H3,(H2,24,26,27);1H. The van der Waals surface area contributed by atoms with Crippen molar-refractivity contribution < 1.29 is 4.39 Å². The molecule has 2 N–H and O–H groups in total. The van der Waals surface area contributed by atoms with Crippen molar-refractivity contribution in [3.05, 3.63) is 76.5 Å². The summed E-state index contributed by atoms with van der Waals surface area (Å²) in [6.07, 6.45) is 1.82. The third-order valence-corrected chi connectivity index (χ3v) is 4.48. The molecule has 8 heteroatoms. The molecule has 0 amide bonds. The van der Waals surface area contributed by atoms with Gasteiger partial charge >= 0.3 is 0 Å². The molecule has 0 atom stereocenters. The van der Waals surface area contributed by atoms with Gasteiger partial charge in [0.15, 0.2) is 11.8 Å². The maximum absolute atomic E-state index is 13.4. The molecule has 3 rings (SSSR count). The Kier molecular flexibility index (Phi) is 8.76. The smallest absolute Gasteiger partial charge is 0.191 e. The summed E-state index contributed by atoms with van der Waals surface area (Å²) in [5.41, 5.74) is 4.67. The molecule has 0 saturated heterocycles. The topological polar surface area (TPSA) is 67.1 Å². The van der Waals surface area contributed by atoms with E-state index in [1.807, 2.05) is 55.9 Å². The summed E-state index contributed by atoms with van der Waals surface area (Å²) in [7, 11) is 0. The number of aromatic nitrogens is 3. The van der Waals surface area contributed by atoms with Crippen molar-refractivity contribution in [1.82, 2.24) is 25.4 Å². The Morgan fingerprint density at radius 3 is 2.43 bits per heavy atom. The monoisotopic (exact) mass is 522 g/mol. The van der Waals surface area contributed by atoms with Crippen LogP contribution in [0.3, 0.4) is 0 Å². The first-order valence-corrected chi connectivity index (χ1v) is 9.72. The van der Waals surface area contributed by atoms with Gasteiger partial charge in [-0.05, 0) is 62.6 Å². The van der Waals surface area contributed by atoms with Crippen LogP contribution in [0.2, 0.25) is 0 Å². The van der Waals surface area contributed by atoms with E-state index in [0.717, 1.165) is 34.9 Å². The number of halogens is 2. The van der Waals surface area contributed by atoms with Crippen LogP contribution in [0, 0.1) is 26.6 Å². The molecular weight excluding hydrogens is 494 g/mol. The summed E-state index contributed by atoms with van der Waals surface area (Å²) in [6.45, 7) is 9.59. The molecule has 0 spiro atoms. The molecule has 2 heterocycles. The van der Waals surface area contributed by atoms with E-state index < -0.39 is 0 Å². The van der Waals surface area contributed by atoms with E-state index in [9.17, 15) is 4.39 Å². The quantitative estimate of drug-likeness (QED) is 0.289. The van der Waals surface area contributed by atoms with E-state index in [-0.39, 0.29) is 29.8 Å². The first-order chi connectivity index (χ1) is 14.0. The lowest BCUT2D eigenvalue weighted by Gasteiger charge is -2.12. The van der Waals surface area contributed by atoms with E-state index in [2.05, 4.69) is 25.7 Å². The largest absolute Gasteiger partial charge is 0.357 e. The van der Waals surface area contributed by atoms with E-state index in [0.29, 0.717) is 24.6 Å². The van der Waals surface area contributed by atoms with Crippen LogP contribution in [0.5, 0.6) is 0 Å². The molecular formula is C22H28FIN6. The summed E-state index contributed by atoms with van der Waals surface area (Å²) in [4.78, 5) is 9.13. The molecule has 6 nitrogen and oxygen atoms in total. The second kappa shape index (κ2) is 11.1. The van der Waals surface area contributed by atoms with Gasteiger partial charge in [-0.25, -0.2) is 19.0 Å². The molecule has 0 fully saturated rings. The predicted molar refractivity (Wildman–Crippen MR) is 129 cm³/mol. The van der Waals surface area contributed by atoms with Crippen molar-refractivity contribution in [2.45, 2.75) is 40.8 Å². The van der Waals surface area contributed by atoms with Crippen LogP contribution in [-0.2, 0) is 13.1 Å². The minimum Gasteiger partial charge on any atom is -0.357 e. The Hall–Kier alpha value is -2.49. The number of hydrogen-bond acceptors (Lipinski definition) is 3. The Morgan fingerprint density at radius 1 is 1.07 bits per heavy atom. The van der Waals surface area contributed by atoms with Crippen LogP contribution < -0.4 is 10.6 Å². The van der Waals surface area contributed by atoms with Crippen LogP contribution >= 0.6 is 24.0 Å². The zero-order chi connectivity index (χ0) is 20.8. The lowest BCUT2D eigenvalue weighted by molar-refractivity contribution is 0.617. The number of aliphatic imine (C=N–C) groups is 1. The Balaban J connectivity index is 0.00000320. The summed E-state index contributed by atoms with van der Waals surface area (Å²) in [6, 6.07) is 11.1. The molecule has 2 aromatic heterocycles. The zero-order valence-corrected chi connectivity index (χ0v) is 20.1. The third-order valence-electron chi connectivity index (χ3n) is 4.48. The SMILES string of the molecule is CCNC(=NCc1ccc(-n2nc(C)cc2C)nc1)NCc1ccc(F)c(C)c1.I. The third kappa shape index (κ3) is 6.25. The number of hydrogen-bond donors (Lipinski definition) is 2. The van der Waals surface area contributed by atoms with Crippen molar-refractivity contribution in [3.63, 3.8) is 0 Å². The maximum Gasteiger partial charge on any atom is 0.191 e. The zero-order valence-electron chi connectivity index (χ0n) is 17.7.